The first kappa shape index (κ1) is 20.4. The standard InChI is InChI=1S/C23H25ClN4O2/c1-15-6-5-11-27(13-15)22-18-7-3-4-8-20(18)28(23(30)26-22)14-21(29)25-19-12-17(24)10-9-16(19)2/h3-4,7-10,12,15H,5-6,11,13-14H2,1-2H3,(H,25,29)/t15-/m1/s1. The van der Waals surface area contributed by atoms with Crippen molar-refractivity contribution in [3.63, 3.8) is 0 Å². The van der Waals surface area contributed by atoms with E-state index in [1.807, 2.05) is 37.3 Å². The number of para-hydroxylation sites is 1. The maximum atomic E-state index is 12.9. The smallest absolute Gasteiger partial charge is 0.350 e. The van der Waals surface area contributed by atoms with Crippen molar-refractivity contribution in [3.05, 3.63) is 63.5 Å². The quantitative estimate of drug-likeness (QED) is 0.680. The topological polar surface area (TPSA) is 67.2 Å². The van der Waals surface area contributed by atoms with Gasteiger partial charge in [-0.25, -0.2) is 4.79 Å². The Labute approximate surface area is 180 Å². The summed E-state index contributed by atoms with van der Waals surface area (Å²) in [6.45, 7) is 5.77. The third kappa shape index (κ3) is 4.19. The van der Waals surface area contributed by atoms with Gasteiger partial charge in [-0.3, -0.25) is 9.36 Å². The Balaban J connectivity index is 1.67. The molecular weight excluding hydrogens is 400 g/mol. The van der Waals surface area contributed by atoms with Crippen LogP contribution in [0.3, 0.4) is 0 Å². The van der Waals surface area contributed by atoms with Crippen LogP contribution in [-0.2, 0) is 11.3 Å². The molecule has 2 heterocycles. The molecule has 2 aromatic carbocycles. The van der Waals surface area contributed by atoms with E-state index in [0.29, 0.717) is 28.0 Å². The molecule has 3 aromatic rings. The van der Waals surface area contributed by atoms with Crippen molar-refractivity contribution >= 4 is 39.9 Å². The molecule has 1 N–H and O–H groups in total. The maximum Gasteiger partial charge on any atom is 0.350 e. The summed E-state index contributed by atoms with van der Waals surface area (Å²) >= 11 is 6.04. The van der Waals surface area contributed by atoms with Gasteiger partial charge in [0.2, 0.25) is 5.91 Å². The van der Waals surface area contributed by atoms with Crippen LogP contribution in [0.1, 0.15) is 25.3 Å². The van der Waals surface area contributed by atoms with Crippen molar-refractivity contribution in [2.45, 2.75) is 33.2 Å². The number of benzene rings is 2. The third-order valence-corrected chi connectivity index (χ3v) is 5.84. The summed E-state index contributed by atoms with van der Waals surface area (Å²) in [5, 5.41) is 4.28. The monoisotopic (exact) mass is 424 g/mol. The fourth-order valence-corrected chi connectivity index (χ4v) is 4.22. The highest BCUT2D eigenvalue weighted by molar-refractivity contribution is 6.31. The molecule has 30 heavy (non-hydrogen) atoms. The van der Waals surface area contributed by atoms with Crippen molar-refractivity contribution in [2.24, 2.45) is 5.92 Å². The molecule has 0 aliphatic carbocycles. The second-order valence-corrected chi connectivity index (χ2v) is 8.46. The molecule has 4 rings (SSSR count). The molecule has 6 nitrogen and oxygen atoms in total. The molecule has 1 amide bonds. The van der Waals surface area contributed by atoms with Gasteiger partial charge in [-0.2, -0.15) is 4.98 Å². The Morgan fingerprint density at radius 3 is 2.87 bits per heavy atom. The van der Waals surface area contributed by atoms with E-state index in [2.05, 4.69) is 22.1 Å². The largest absolute Gasteiger partial charge is 0.356 e. The predicted octanol–water partition coefficient (Wildman–Crippen LogP) is 4.23. The van der Waals surface area contributed by atoms with Crippen molar-refractivity contribution in [1.82, 2.24) is 9.55 Å². The number of carbonyl (C=O) groups is 1. The van der Waals surface area contributed by atoms with Crippen LogP contribution in [0.15, 0.2) is 47.3 Å². The molecule has 0 unspecified atom stereocenters. The van der Waals surface area contributed by atoms with Crippen LogP contribution >= 0.6 is 11.6 Å². The lowest BCUT2D eigenvalue weighted by Crippen LogP contribution is -2.38. The van der Waals surface area contributed by atoms with Crippen LogP contribution < -0.4 is 15.9 Å². The number of nitrogens with zero attached hydrogens (tertiary/aromatic N) is 3. The fourth-order valence-electron chi connectivity index (χ4n) is 4.05. The molecule has 0 spiro atoms. The van der Waals surface area contributed by atoms with Crippen LogP contribution in [0.25, 0.3) is 10.9 Å². The van der Waals surface area contributed by atoms with Gasteiger partial charge in [-0.05, 0) is 55.5 Å². The summed E-state index contributed by atoms with van der Waals surface area (Å²) in [7, 11) is 0. The minimum absolute atomic E-state index is 0.116. The van der Waals surface area contributed by atoms with Crippen molar-refractivity contribution in [2.75, 3.05) is 23.3 Å². The minimum Gasteiger partial charge on any atom is -0.356 e. The van der Waals surface area contributed by atoms with Crippen LogP contribution in [0.2, 0.25) is 5.02 Å². The van der Waals surface area contributed by atoms with E-state index in [4.69, 9.17) is 11.6 Å². The molecule has 156 valence electrons. The van der Waals surface area contributed by atoms with Gasteiger partial charge in [0.1, 0.15) is 12.4 Å². The Morgan fingerprint density at radius 2 is 2.07 bits per heavy atom. The van der Waals surface area contributed by atoms with Gasteiger partial charge in [-0.1, -0.05) is 36.7 Å². The lowest BCUT2D eigenvalue weighted by Gasteiger charge is -2.32. The van der Waals surface area contributed by atoms with Crippen molar-refractivity contribution < 1.29 is 4.79 Å². The molecule has 1 fully saturated rings. The number of aromatic nitrogens is 2. The van der Waals surface area contributed by atoms with Crippen LogP contribution in [0.4, 0.5) is 11.5 Å². The zero-order valence-electron chi connectivity index (χ0n) is 17.2. The van der Waals surface area contributed by atoms with E-state index in [1.165, 1.54) is 11.0 Å². The average molecular weight is 425 g/mol. The number of halogens is 1. The highest BCUT2D eigenvalue weighted by Gasteiger charge is 2.22. The maximum absolute atomic E-state index is 12.9. The van der Waals surface area contributed by atoms with E-state index in [0.717, 1.165) is 30.5 Å². The minimum atomic E-state index is -0.417. The lowest BCUT2D eigenvalue weighted by atomic mass is 10.00. The Hall–Kier alpha value is -2.86. The van der Waals surface area contributed by atoms with Crippen molar-refractivity contribution in [3.8, 4) is 0 Å². The molecule has 0 saturated carbocycles. The van der Waals surface area contributed by atoms with Gasteiger partial charge < -0.3 is 10.2 Å². The number of amides is 1. The van der Waals surface area contributed by atoms with E-state index in [-0.39, 0.29) is 12.5 Å². The zero-order valence-corrected chi connectivity index (χ0v) is 17.9. The SMILES string of the molecule is Cc1ccc(Cl)cc1NC(=O)Cn1c(=O)nc(N2CCC[C@@H](C)C2)c2ccccc21. The fraction of sp³-hybridized carbons (Fsp3) is 0.348. The first-order valence-corrected chi connectivity index (χ1v) is 10.6. The van der Waals surface area contributed by atoms with Gasteiger partial charge in [0.15, 0.2) is 0 Å². The van der Waals surface area contributed by atoms with Crippen LogP contribution in [-0.4, -0.2) is 28.5 Å². The number of fused-ring (bicyclic) bond motifs is 1. The molecular formula is C23H25ClN4O2. The van der Waals surface area contributed by atoms with E-state index < -0.39 is 5.69 Å². The van der Waals surface area contributed by atoms with Gasteiger partial charge in [0, 0.05) is 29.2 Å². The van der Waals surface area contributed by atoms with Gasteiger partial charge in [-0.15, -0.1) is 0 Å². The number of hydrogen-bond donors (Lipinski definition) is 1. The molecule has 0 bridgehead atoms. The third-order valence-electron chi connectivity index (χ3n) is 5.60. The molecule has 1 aromatic heterocycles. The number of anilines is 2. The number of hydrogen-bond acceptors (Lipinski definition) is 4. The van der Waals surface area contributed by atoms with Crippen LogP contribution in [0, 0.1) is 12.8 Å². The molecule has 0 radical (unpaired) electrons. The van der Waals surface area contributed by atoms with Crippen molar-refractivity contribution in [1.29, 1.82) is 0 Å². The second kappa shape index (κ2) is 8.48. The summed E-state index contributed by atoms with van der Waals surface area (Å²) in [6, 6.07) is 13.0. The summed E-state index contributed by atoms with van der Waals surface area (Å²) in [4.78, 5) is 32.2. The van der Waals surface area contributed by atoms with E-state index in [1.54, 1.807) is 12.1 Å². The Morgan fingerprint density at radius 1 is 1.27 bits per heavy atom. The number of carbonyl (C=O) groups excluding carboxylic acids is 1. The first-order chi connectivity index (χ1) is 14.4. The summed E-state index contributed by atoms with van der Waals surface area (Å²) in [5.41, 5.74) is 1.83. The first-order valence-electron chi connectivity index (χ1n) is 10.2. The van der Waals surface area contributed by atoms with E-state index >= 15 is 0 Å². The highest BCUT2D eigenvalue weighted by Crippen LogP contribution is 2.27. The van der Waals surface area contributed by atoms with Gasteiger partial charge in [0.25, 0.3) is 0 Å². The predicted molar refractivity (Wildman–Crippen MR) is 121 cm³/mol. The summed E-state index contributed by atoms with van der Waals surface area (Å²) in [5.74, 6) is 0.978. The second-order valence-electron chi connectivity index (χ2n) is 8.02. The molecule has 7 heteroatoms. The van der Waals surface area contributed by atoms with Gasteiger partial charge in [0.05, 0.1) is 5.52 Å². The number of rotatable bonds is 4. The zero-order chi connectivity index (χ0) is 21.3. The Bertz CT molecular complexity index is 1160. The summed E-state index contributed by atoms with van der Waals surface area (Å²) in [6.07, 6.45) is 2.27. The molecule has 1 atom stereocenters. The number of nitrogens with one attached hydrogen (secondary N) is 1. The highest BCUT2D eigenvalue weighted by atomic mass is 35.5. The number of piperidine rings is 1. The normalized spacial score (nSPS) is 16.6. The van der Waals surface area contributed by atoms with Gasteiger partial charge >= 0.3 is 5.69 Å². The van der Waals surface area contributed by atoms with Crippen LogP contribution in [0.5, 0.6) is 0 Å². The average Bonchev–Trinajstić information content (AvgIpc) is 2.72. The Kier molecular flexibility index (Phi) is 5.77. The molecule has 1 aliphatic rings. The lowest BCUT2D eigenvalue weighted by molar-refractivity contribution is -0.116. The number of aryl methyl sites for hydroxylation is 1. The van der Waals surface area contributed by atoms with E-state index in [9.17, 15) is 9.59 Å². The molecule has 1 saturated heterocycles. The summed E-state index contributed by atoms with van der Waals surface area (Å²) < 4.78 is 1.43. The molecule has 1 aliphatic heterocycles.